The molecule has 1 saturated heterocycles. The molecule has 1 amide bonds. The summed E-state index contributed by atoms with van der Waals surface area (Å²) in [6.07, 6.45) is 2.59. The highest BCUT2D eigenvalue weighted by Gasteiger charge is 2.30. The minimum absolute atomic E-state index is 0.0531. The number of carbonyl (C=O) groups excluding carboxylic acids is 1. The molecule has 2 heterocycles. The molecule has 24 heavy (non-hydrogen) atoms. The summed E-state index contributed by atoms with van der Waals surface area (Å²) < 4.78 is 1.72. The van der Waals surface area contributed by atoms with Crippen molar-refractivity contribution >= 4 is 17.5 Å². The molecule has 1 unspecified atom stereocenters. The first-order valence-electron chi connectivity index (χ1n) is 8.34. The van der Waals surface area contributed by atoms with E-state index in [0.717, 1.165) is 37.2 Å². The van der Waals surface area contributed by atoms with Gasteiger partial charge in [0.2, 0.25) is 0 Å². The number of carbonyl (C=O) groups is 1. The lowest BCUT2D eigenvalue weighted by Crippen LogP contribution is -2.31. The van der Waals surface area contributed by atoms with E-state index < -0.39 is 0 Å². The Kier molecular flexibility index (Phi) is 5.16. The van der Waals surface area contributed by atoms with Crippen molar-refractivity contribution in [3.05, 3.63) is 40.7 Å². The Morgan fingerprint density at radius 3 is 2.96 bits per heavy atom. The highest BCUT2D eigenvalue weighted by molar-refractivity contribution is 6.30. The fourth-order valence-corrected chi connectivity index (χ4v) is 3.29. The molecule has 0 radical (unpaired) electrons. The van der Waals surface area contributed by atoms with Crippen LogP contribution < -0.4 is 5.73 Å². The Bertz CT molecular complexity index is 730. The van der Waals surface area contributed by atoms with Crippen LogP contribution in [-0.2, 0) is 6.42 Å². The minimum atomic E-state index is -0.0531. The van der Waals surface area contributed by atoms with Crippen molar-refractivity contribution in [2.75, 3.05) is 19.6 Å². The summed E-state index contributed by atoms with van der Waals surface area (Å²) in [6.45, 7) is 4.12. The van der Waals surface area contributed by atoms with Crippen molar-refractivity contribution in [2.45, 2.75) is 26.2 Å². The van der Waals surface area contributed by atoms with Gasteiger partial charge in [0.1, 0.15) is 0 Å². The van der Waals surface area contributed by atoms with Crippen molar-refractivity contribution < 1.29 is 4.79 Å². The zero-order valence-corrected chi connectivity index (χ0v) is 14.5. The maximum atomic E-state index is 12.9. The Morgan fingerprint density at radius 2 is 2.29 bits per heavy atom. The number of hydrogen-bond acceptors (Lipinski definition) is 4. The topological polar surface area (TPSA) is 77.0 Å². The van der Waals surface area contributed by atoms with Gasteiger partial charge >= 0.3 is 0 Å². The van der Waals surface area contributed by atoms with Crippen molar-refractivity contribution in [1.82, 2.24) is 19.9 Å². The highest BCUT2D eigenvalue weighted by Crippen LogP contribution is 2.22. The van der Waals surface area contributed by atoms with Gasteiger partial charge < -0.3 is 10.6 Å². The third kappa shape index (κ3) is 3.30. The molecule has 0 spiro atoms. The molecule has 1 atom stereocenters. The van der Waals surface area contributed by atoms with Crippen LogP contribution in [0.5, 0.6) is 0 Å². The smallest absolute Gasteiger partial charge is 0.276 e. The Hall–Kier alpha value is -1.92. The predicted octanol–water partition coefficient (Wildman–Crippen LogP) is 2.29. The van der Waals surface area contributed by atoms with E-state index in [0.29, 0.717) is 29.7 Å². The Labute approximate surface area is 146 Å². The number of amides is 1. The van der Waals surface area contributed by atoms with Gasteiger partial charge in [0, 0.05) is 18.1 Å². The number of nitrogens with zero attached hydrogens (tertiary/aromatic N) is 4. The van der Waals surface area contributed by atoms with Crippen LogP contribution in [0.2, 0.25) is 5.02 Å². The third-order valence-electron chi connectivity index (χ3n) is 4.41. The molecule has 2 N–H and O–H groups in total. The van der Waals surface area contributed by atoms with Gasteiger partial charge in [-0.25, -0.2) is 4.68 Å². The van der Waals surface area contributed by atoms with Crippen molar-refractivity contribution in [1.29, 1.82) is 0 Å². The second-order valence-electron chi connectivity index (χ2n) is 6.17. The van der Waals surface area contributed by atoms with E-state index in [4.69, 9.17) is 17.3 Å². The quantitative estimate of drug-likeness (QED) is 0.900. The van der Waals surface area contributed by atoms with Crippen molar-refractivity contribution in [2.24, 2.45) is 11.7 Å². The van der Waals surface area contributed by atoms with Crippen LogP contribution in [-0.4, -0.2) is 45.4 Å². The SMILES string of the molecule is CCCc1c(C(=O)N2CCC(CN)C2)nnn1-c1cccc(Cl)c1. The number of halogens is 1. The number of aromatic nitrogens is 3. The van der Waals surface area contributed by atoms with Crippen molar-refractivity contribution in [3.63, 3.8) is 0 Å². The molecule has 1 aliphatic rings. The lowest BCUT2D eigenvalue weighted by Gasteiger charge is -2.15. The monoisotopic (exact) mass is 347 g/mol. The molecule has 1 aromatic heterocycles. The van der Waals surface area contributed by atoms with Gasteiger partial charge in [-0.15, -0.1) is 5.10 Å². The van der Waals surface area contributed by atoms with E-state index in [2.05, 4.69) is 17.2 Å². The second kappa shape index (κ2) is 7.32. The third-order valence-corrected chi connectivity index (χ3v) is 4.65. The van der Waals surface area contributed by atoms with Gasteiger partial charge in [0.15, 0.2) is 5.69 Å². The molecule has 7 heteroatoms. The van der Waals surface area contributed by atoms with Crippen LogP contribution in [0.25, 0.3) is 5.69 Å². The molecule has 1 fully saturated rings. The molecular formula is C17H22ClN5O. The van der Waals surface area contributed by atoms with Crippen LogP contribution in [0, 0.1) is 5.92 Å². The van der Waals surface area contributed by atoms with Crippen LogP contribution in [0.3, 0.4) is 0 Å². The zero-order valence-electron chi connectivity index (χ0n) is 13.8. The van der Waals surface area contributed by atoms with Gasteiger partial charge in [0.25, 0.3) is 5.91 Å². The molecule has 0 saturated carbocycles. The summed E-state index contributed by atoms with van der Waals surface area (Å²) in [6, 6.07) is 7.41. The molecule has 6 nitrogen and oxygen atoms in total. The van der Waals surface area contributed by atoms with Crippen LogP contribution in [0.15, 0.2) is 24.3 Å². The van der Waals surface area contributed by atoms with Gasteiger partial charge in [-0.3, -0.25) is 4.79 Å². The van der Waals surface area contributed by atoms with E-state index >= 15 is 0 Å². The molecule has 1 aromatic carbocycles. The van der Waals surface area contributed by atoms with E-state index in [1.54, 1.807) is 4.68 Å². The maximum absolute atomic E-state index is 12.9. The van der Waals surface area contributed by atoms with Gasteiger partial charge in [-0.1, -0.05) is 36.2 Å². The highest BCUT2D eigenvalue weighted by atomic mass is 35.5. The van der Waals surface area contributed by atoms with Gasteiger partial charge in [0.05, 0.1) is 11.4 Å². The summed E-state index contributed by atoms with van der Waals surface area (Å²) in [5.74, 6) is 0.328. The largest absolute Gasteiger partial charge is 0.337 e. The first-order chi connectivity index (χ1) is 11.6. The normalized spacial score (nSPS) is 17.5. The van der Waals surface area contributed by atoms with Crippen LogP contribution in [0.4, 0.5) is 0 Å². The molecule has 3 rings (SSSR count). The number of hydrogen-bond donors (Lipinski definition) is 1. The summed E-state index contributed by atoms with van der Waals surface area (Å²) >= 11 is 6.08. The molecule has 0 bridgehead atoms. The number of nitrogens with two attached hydrogens (primary N) is 1. The fourth-order valence-electron chi connectivity index (χ4n) is 3.10. The lowest BCUT2D eigenvalue weighted by molar-refractivity contribution is 0.0780. The predicted molar refractivity (Wildman–Crippen MR) is 93.4 cm³/mol. The lowest BCUT2D eigenvalue weighted by atomic mass is 10.1. The maximum Gasteiger partial charge on any atom is 0.276 e. The van der Waals surface area contributed by atoms with Gasteiger partial charge in [-0.2, -0.15) is 0 Å². The molecular weight excluding hydrogens is 326 g/mol. The molecule has 1 aliphatic heterocycles. The van der Waals surface area contributed by atoms with Crippen LogP contribution >= 0.6 is 11.6 Å². The van der Waals surface area contributed by atoms with E-state index in [9.17, 15) is 4.79 Å². The fraction of sp³-hybridized carbons (Fsp3) is 0.471. The van der Waals surface area contributed by atoms with Gasteiger partial charge in [-0.05, 0) is 43.5 Å². The van der Waals surface area contributed by atoms with Crippen LogP contribution in [0.1, 0.15) is 35.9 Å². The second-order valence-corrected chi connectivity index (χ2v) is 6.60. The summed E-state index contributed by atoms with van der Waals surface area (Å²) in [4.78, 5) is 14.7. The number of benzene rings is 1. The average molecular weight is 348 g/mol. The number of likely N-dealkylation sites (tertiary alicyclic amines) is 1. The molecule has 0 aliphatic carbocycles. The molecule has 128 valence electrons. The summed E-state index contributed by atoms with van der Waals surface area (Å²) in [5, 5.41) is 9.03. The molecule has 2 aromatic rings. The van der Waals surface area contributed by atoms with E-state index in [1.165, 1.54) is 0 Å². The minimum Gasteiger partial charge on any atom is -0.337 e. The van der Waals surface area contributed by atoms with Crippen molar-refractivity contribution in [3.8, 4) is 5.69 Å². The summed E-state index contributed by atoms with van der Waals surface area (Å²) in [7, 11) is 0. The Balaban J connectivity index is 1.93. The first kappa shape index (κ1) is 16.9. The number of rotatable bonds is 5. The zero-order chi connectivity index (χ0) is 17.1. The average Bonchev–Trinajstić information content (AvgIpc) is 3.21. The summed E-state index contributed by atoms with van der Waals surface area (Å²) in [5.41, 5.74) is 7.82. The van der Waals surface area contributed by atoms with E-state index in [-0.39, 0.29) is 5.91 Å². The Morgan fingerprint density at radius 1 is 1.46 bits per heavy atom. The standard InChI is InChI=1S/C17H22ClN5O/c1-2-4-15-16(17(24)22-8-7-12(10-19)11-22)20-21-23(15)14-6-3-5-13(18)9-14/h3,5-6,9,12H,2,4,7-8,10-11,19H2,1H3. The first-order valence-corrected chi connectivity index (χ1v) is 8.71. The van der Waals surface area contributed by atoms with E-state index in [1.807, 2.05) is 29.2 Å².